The molecule has 0 fully saturated rings. The minimum atomic E-state index is 0.214. The molecule has 2 nitrogen and oxygen atoms in total. The van der Waals surface area contributed by atoms with E-state index in [2.05, 4.69) is 205 Å². The first-order chi connectivity index (χ1) is 28.8. The van der Waals surface area contributed by atoms with E-state index < -0.39 is 0 Å². The summed E-state index contributed by atoms with van der Waals surface area (Å²) in [6, 6.07) is 70.6. The molecule has 2 heteroatoms. The van der Waals surface area contributed by atoms with E-state index in [0.717, 1.165) is 23.3 Å². The lowest BCUT2D eigenvalue weighted by Crippen LogP contribution is -2.07. The van der Waals surface area contributed by atoms with Gasteiger partial charge in [-0.1, -0.05) is 170 Å². The fraction of sp³-hybridized carbons (Fsp3) is 0.0357. The van der Waals surface area contributed by atoms with Crippen molar-refractivity contribution in [3.05, 3.63) is 217 Å². The Balaban J connectivity index is 0.971. The summed E-state index contributed by atoms with van der Waals surface area (Å²) in [5, 5.41) is 8.71. The highest BCUT2D eigenvalue weighted by atomic mass is 16.3. The fourth-order valence-corrected chi connectivity index (χ4v) is 9.76. The van der Waals surface area contributed by atoms with Crippen molar-refractivity contribution < 1.29 is 4.42 Å². The van der Waals surface area contributed by atoms with Gasteiger partial charge >= 0.3 is 0 Å². The second kappa shape index (κ2) is 13.1. The summed E-state index contributed by atoms with van der Waals surface area (Å²) in [5.74, 6) is 0.214. The van der Waals surface area contributed by atoms with Crippen molar-refractivity contribution in [2.45, 2.75) is 12.3 Å². The summed E-state index contributed by atoms with van der Waals surface area (Å²) in [5.41, 5.74) is 15.6. The van der Waals surface area contributed by atoms with E-state index >= 15 is 0 Å². The normalized spacial score (nSPS) is 13.9. The van der Waals surface area contributed by atoms with Gasteiger partial charge in [0.2, 0.25) is 0 Å². The molecule has 0 saturated carbocycles. The summed E-state index contributed by atoms with van der Waals surface area (Å²) in [7, 11) is 0. The minimum Gasteiger partial charge on any atom is -0.456 e. The quantitative estimate of drug-likeness (QED) is 0.161. The number of allylic oxidation sites excluding steroid dienone is 1. The molecule has 11 aromatic rings. The maximum Gasteiger partial charge on any atom is 0.139 e. The Morgan fingerprint density at radius 2 is 1.02 bits per heavy atom. The molecule has 0 saturated heterocycles. The number of fused-ring (bicyclic) bond motifs is 8. The number of hydrogen-bond acceptors (Lipinski definition) is 1. The minimum absolute atomic E-state index is 0.214. The molecule has 1 aliphatic carbocycles. The SMILES string of the molecule is C1=CC(c2cccc3c2oc2ccccc23)Cc2c1n(-c1ccc(-c3ccc4c(-c5ccccc5)c5ccccc5c(-c5ccccc5)c4c3)cc1)c1ccccc21. The highest BCUT2D eigenvalue weighted by Gasteiger charge is 2.26. The van der Waals surface area contributed by atoms with Gasteiger partial charge in [0.15, 0.2) is 0 Å². The zero-order valence-electron chi connectivity index (χ0n) is 31.8. The molecule has 0 radical (unpaired) electrons. The van der Waals surface area contributed by atoms with Crippen LogP contribution in [0.4, 0.5) is 0 Å². The first kappa shape index (κ1) is 32.8. The van der Waals surface area contributed by atoms with Crippen molar-refractivity contribution >= 4 is 60.5 Å². The Morgan fingerprint density at radius 3 is 1.76 bits per heavy atom. The van der Waals surface area contributed by atoms with Crippen LogP contribution in [0.1, 0.15) is 22.7 Å². The van der Waals surface area contributed by atoms with Crippen LogP contribution in [0.3, 0.4) is 0 Å². The van der Waals surface area contributed by atoms with Crippen molar-refractivity contribution in [3.63, 3.8) is 0 Å². The third-order valence-corrected chi connectivity index (χ3v) is 12.4. The Kier molecular flexibility index (Phi) is 7.39. The monoisotopic (exact) mass is 739 g/mol. The lowest BCUT2D eigenvalue weighted by molar-refractivity contribution is 0.656. The predicted molar refractivity (Wildman–Crippen MR) is 244 cm³/mol. The summed E-state index contributed by atoms with van der Waals surface area (Å²) < 4.78 is 8.93. The molecule has 1 atom stereocenters. The van der Waals surface area contributed by atoms with Crippen LogP contribution in [0.2, 0.25) is 0 Å². The van der Waals surface area contributed by atoms with Crippen LogP contribution in [0.5, 0.6) is 0 Å². The Hall–Kier alpha value is -7.42. The van der Waals surface area contributed by atoms with Crippen molar-refractivity contribution in [1.82, 2.24) is 4.57 Å². The van der Waals surface area contributed by atoms with Crippen LogP contribution in [0.15, 0.2) is 205 Å². The zero-order chi connectivity index (χ0) is 38.2. The maximum absolute atomic E-state index is 6.49. The second-order valence-corrected chi connectivity index (χ2v) is 15.5. The lowest BCUT2D eigenvalue weighted by Gasteiger charge is -2.20. The van der Waals surface area contributed by atoms with E-state index in [-0.39, 0.29) is 5.92 Å². The van der Waals surface area contributed by atoms with Crippen LogP contribution >= 0.6 is 0 Å². The van der Waals surface area contributed by atoms with Gasteiger partial charge < -0.3 is 8.98 Å². The summed E-state index contributed by atoms with van der Waals surface area (Å²) in [4.78, 5) is 0. The van der Waals surface area contributed by atoms with Gasteiger partial charge in [-0.05, 0) is 103 Å². The van der Waals surface area contributed by atoms with Crippen molar-refractivity contribution in [1.29, 1.82) is 0 Å². The van der Waals surface area contributed by atoms with E-state index in [1.165, 1.54) is 93.4 Å². The third kappa shape index (κ3) is 5.05. The van der Waals surface area contributed by atoms with Crippen molar-refractivity contribution in [2.24, 2.45) is 0 Å². The van der Waals surface area contributed by atoms with E-state index in [0.29, 0.717) is 0 Å². The Bertz CT molecular complexity index is 3400. The average molecular weight is 740 g/mol. The van der Waals surface area contributed by atoms with Crippen LogP contribution in [-0.2, 0) is 6.42 Å². The smallest absolute Gasteiger partial charge is 0.139 e. The van der Waals surface area contributed by atoms with Gasteiger partial charge in [0, 0.05) is 39.0 Å². The average Bonchev–Trinajstić information content (AvgIpc) is 3.84. The second-order valence-electron chi connectivity index (χ2n) is 15.5. The molecule has 0 N–H and O–H groups in total. The largest absolute Gasteiger partial charge is 0.456 e. The number of benzene rings is 9. The van der Waals surface area contributed by atoms with Gasteiger partial charge in [0.05, 0.1) is 5.52 Å². The molecule has 0 amide bonds. The number of nitrogens with zero attached hydrogens (tertiary/aromatic N) is 1. The van der Waals surface area contributed by atoms with E-state index in [9.17, 15) is 0 Å². The molecule has 1 aliphatic rings. The van der Waals surface area contributed by atoms with E-state index in [4.69, 9.17) is 4.42 Å². The molecule has 9 aromatic carbocycles. The number of furan rings is 1. The Labute approximate surface area is 336 Å². The highest BCUT2D eigenvalue weighted by Crippen LogP contribution is 2.46. The third-order valence-electron chi connectivity index (χ3n) is 12.4. The maximum atomic E-state index is 6.49. The molecule has 58 heavy (non-hydrogen) atoms. The molecule has 12 rings (SSSR count). The molecule has 272 valence electrons. The van der Waals surface area contributed by atoms with Crippen LogP contribution in [-0.4, -0.2) is 4.57 Å². The highest BCUT2D eigenvalue weighted by molar-refractivity contribution is 6.22. The summed E-state index contributed by atoms with van der Waals surface area (Å²) in [6.07, 6.45) is 5.62. The number of aromatic nitrogens is 1. The Morgan fingerprint density at radius 1 is 0.431 bits per heavy atom. The van der Waals surface area contributed by atoms with Gasteiger partial charge in [-0.25, -0.2) is 0 Å². The molecule has 2 heterocycles. The summed E-state index contributed by atoms with van der Waals surface area (Å²) >= 11 is 0. The van der Waals surface area contributed by atoms with Crippen LogP contribution in [0.25, 0.3) is 99.5 Å². The van der Waals surface area contributed by atoms with Crippen LogP contribution in [0, 0.1) is 0 Å². The van der Waals surface area contributed by atoms with Gasteiger partial charge in [-0.15, -0.1) is 0 Å². The predicted octanol–water partition coefficient (Wildman–Crippen LogP) is 15.2. The van der Waals surface area contributed by atoms with Gasteiger partial charge in [-0.3, -0.25) is 0 Å². The number of para-hydroxylation sites is 3. The first-order valence-electron chi connectivity index (χ1n) is 20.2. The molecule has 1 unspecified atom stereocenters. The van der Waals surface area contributed by atoms with Crippen molar-refractivity contribution in [3.8, 4) is 39.1 Å². The molecule has 0 spiro atoms. The fourth-order valence-electron chi connectivity index (χ4n) is 9.76. The molecular formula is C56H37NO. The summed E-state index contributed by atoms with van der Waals surface area (Å²) in [6.45, 7) is 0. The van der Waals surface area contributed by atoms with Gasteiger partial charge in [0.1, 0.15) is 11.2 Å². The zero-order valence-corrected chi connectivity index (χ0v) is 31.8. The standard InChI is InChI=1S/C56H37NO/c1-3-14-37(15-4-1)54-45-20-7-8-21-46(45)55(38-16-5-2-6-17-38)50-34-39(28-32-47(50)54)36-26-30-41(31-27-36)57-51-24-11-9-18-43(51)49-35-40(29-33-52(49)57)42-22-13-23-48-44-19-10-12-25-53(44)58-56(42)48/h1-34,40H,35H2. The van der Waals surface area contributed by atoms with Gasteiger partial charge in [-0.2, -0.15) is 0 Å². The van der Waals surface area contributed by atoms with E-state index in [1.54, 1.807) is 0 Å². The number of rotatable bonds is 5. The van der Waals surface area contributed by atoms with Gasteiger partial charge in [0.25, 0.3) is 0 Å². The molecule has 0 aliphatic heterocycles. The molecule has 0 bridgehead atoms. The molecule has 2 aromatic heterocycles. The van der Waals surface area contributed by atoms with Crippen molar-refractivity contribution in [2.75, 3.05) is 0 Å². The number of hydrogen-bond donors (Lipinski definition) is 0. The topological polar surface area (TPSA) is 18.1 Å². The lowest BCUT2D eigenvalue weighted by atomic mass is 9.85. The van der Waals surface area contributed by atoms with Crippen LogP contribution < -0.4 is 0 Å². The first-order valence-corrected chi connectivity index (χ1v) is 20.2. The molecular weight excluding hydrogens is 703 g/mol. The van der Waals surface area contributed by atoms with E-state index in [1.807, 2.05) is 6.07 Å².